The van der Waals surface area contributed by atoms with Crippen LogP contribution in [0.1, 0.15) is 18.9 Å². The fourth-order valence-electron chi connectivity index (χ4n) is 1.99. The molecule has 108 valence electrons. The first kappa shape index (κ1) is 14.0. The van der Waals surface area contributed by atoms with Crippen molar-refractivity contribution in [1.29, 1.82) is 0 Å². The quantitative estimate of drug-likeness (QED) is 0.784. The summed E-state index contributed by atoms with van der Waals surface area (Å²) in [7, 11) is 0. The molecule has 0 aliphatic rings. The van der Waals surface area contributed by atoms with Gasteiger partial charge in [-0.15, -0.1) is 11.3 Å². The number of benzene rings is 1. The van der Waals surface area contributed by atoms with Gasteiger partial charge >= 0.3 is 0 Å². The first-order chi connectivity index (χ1) is 10.2. The van der Waals surface area contributed by atoms with Gasteiger partial charge in [0.2, 0.25) is 0 Å². The summed E-state index contributed by atoms with van der Waals surface area (Å²) in [6.45, 7) is 5.09. The van der Waals surface area contributed by atoms with Crippen molar-refractivity contribution in [3.63, 3.8) is 0 Å². The predicted octanol–water partition coefficient (Wildman–Crippen LogP) is 3.49. The van der Waals surface area contributed by atoms with Gasteiger partial charge in [0.05, 0.1) is 17.6 Å². The van der Waals surface area contributed by atoms with Gasteiger partial charge in [-0.3, -0.25) is 0 Å². The number of para-hydroxylation sites is 1. The summed E-state index contributed by atoms with van der Waals surface area (Å²) in [6.07, 6.45) is 3.88. The van der Waals surface area contributed by atoms with E-state index in [-0.39, 0.29) is 0 Å². The van der Waals surface area contributed by atoms with Gasteiger partial charge in [-0.2, -0.15) is 5.10 Å². The van der Waals surface area contributed by atoms with E-state index >= 15 is 0 Å². The molecule has 4 nitrogen and oxygen atoms in total. The van der Waals surface area contributed by atoms with Gasteiger partial charge in [-0.1, -0.05) is 32.0 Å². The van der Waals surface area contributed by atoms with Crippen LogP contribution >= 0.6 is 11.3 Å². The molecule has 3 rings (SSSR count). The molecule has 21 heavy (non-hydrogen) atoms. The van der Waals surface area contributed by atoms with Crippen LogP contribution in [0.15, 0.2) is 48.1 Å². The van der Waals surface area contributed by atoms with Crippen LogP contribution < -0.4 is 5.32 Å². The highest BCUT2D eigenvalue weighted by atomic mass is 32.1. The van der Waals surface area contributed by atoms with Crippen LogP contribution in [0.5, 0.6) is 0 Å². The van der Waals surface area contributed by atoms with Crippen LogP contribution in [0.2, 0.25) is 0 Å². The van der Waals surface area contributed by atoms with E-state index in [0.717, 1.165) is 28.5 Å². The molecule has 0 spiro atoms. The molecule has 0 amide bonds. The lowest BCUT2D eigenvalue weighted by Gasteiger charge is -2.04. The highest BCUT2D eigenvalue weighted by Gasteiger charge is 2.08. The molecule has 0 unspecified atom stereocenters. The minimum Gasteiger partial charge on any atom is -0.308 e. The Morgan fingerprint density at radius 3 is 2.81 bits per heavy atom. The molecule has 5 heteroatoms. The second-order valence-electron chi connectivity index (χ2n) is 5.17. The maximum absolute atomic E-state index is 4.66. The maximum atomic E-state index is 4.66. The average Bonchev–Trinajstić information content (AvgIpc) is 3.15. The number of thiazole rings is 1. The Kier molecular flexibility index (Phi) is 4.13. The smallest absolute Gasteiger partial charge is 0.107 e. The molecule has 1 aromatic carbocycles. The number of hydrogen-bond acceptors (Lipinski definition) is 4. The SMILES string of the molecule is CC(C)NCc1nc(-c2cnn(-c3ccccc3)c2)cs1. The normalized spacial score (nSPS) is 11.2. The lowest BCUT2D eigenvalue weighted by molar-refractivity contribution is 0.587. The van der Waals surface area contributed by atoms with Gasteiger partial charge in [0.1, 0.15) is 5.01 Å². The number of nitrogens with one attached hydrogen (secondary N) is 1. The molecule has 0 fully saturated rings. The zero-order valence-electron chi connectivity index (χ0n) is 12.2. The van der Waals surface area contributed by atoms with Crippen molar-refractivity contribution in [3.05, 3.63) is 53.1 Å². The average molecular weight is 298 g/mol. The molecule has 1 N–H and O–H groups in total. The summed E-state index contributed by atoms with van der Waals surface area (Å²) in [6, 6.07) is 10.6. The predicted molar refractivity (Wildman–Crippen MR) is 86.6 cm³/mol. The van der Waals surface area contributed by atoms with E-state index in [0.29, 0.717) is 6.04 Å². The van der Waals surface area contributed by atoms with Gasteiger partial charge in [0.25, 0.3) is 0 Å². The monoisotopic (exact) mass is 298 g/mol. The van der Waals surface area contributed by atoms with Gasteiger partial charge in [0, 0.05) is 29.7 Å². The summed E-state index contributed by atoms with van der Waals surface area (Å²) in [5.41, 5.74) is 3.09. The van der Waals surface area contributed by atoms with Crippen LogP contribution in [-0.4, -0.2) is 20.8 Å². The van der Waals surface area contributed by atoms with E-state index in [2.05, 4.69) is 34.6 Å². The van der Waals surface area contributed by atoms with Crippen molar-refractivity contribution < 1.29 is 0 Å². The molecular formula is C16H18N4S. The first-order valence-corrected chi connectivity index (χ1v) is 7.88. The van der Waals surface area contributed by atoms with E-state index < -0.39 is 0 Å². The number of aromatic nitrogens is 3. The third kappa shape index (κ3) is 3.37. The van der Waals surface area contributed by atoms with Crippen LogP contribution in [0.4, 0.5) is 0 Å². The number of rotatable bonds is 5. The minimum atomic E-state index is 0.471. The van der Waals surface area contributed by atoms with Gasteiger partial charge in [0.15, 0.2) is 0 Å². The Balaban J connectivity index is 1.77. The van der Waals surface area contributed by atoms with Crippen LogP contribution in [0.25, 0.3) is 16.9 Å². The fraction of sp³-hybridized carbons (Fsp3) is 0.250. The zero-order chi connectivity index (χ0) is 14.7. The van der Waals surface area contributed by atoms with E-state index in [9.17, 15) is 0 Å². The molecule has 0 aliphatic heterocycles. The summed E-state index contributed by atoms with van der Waals surface area (Å²) >= 11 is 1.68. The zero-order valence-corrected chi connectivity index (χ0v) is 13.0. The third-order valence-electron chi connectivity index (χ3n) is 3.11. The van der Waals surface area contributed by atoms with Crippen LogP contribution in [0.3, 0.4) is 0 Å². The van der Waals surface area contributed by atoms with Gasteiger partial charge in [-0.05, 0) is 12.1 Å². The largest absolute Gasteiger partial charge is 0.308 e. The lowest BCUT2D eigenvalue weighted by Crippen LogP contribution is -2.21. The Labute approximate surface area is 128 Å². The molecule has 2 aromatic heterocycles. The molecule has 0 atom stereocenters. The number of nitrogens with zero attached hydrogens (tertiary/aromatic N) is 3. The minimum absolute atomic E-state index is 0.471. The summed E-state index contributed by atoms with van der Waals surface area (Å²) in [4.78, 5) is 4.66. The lowest BCUT2D eigenvalue weighted by atomic mass is 10.3. The van der Waals surface area contributed by atoms with Crippen LogP contribution in [0, 0.1) is 0 Å². The number of hydrogen-bond donors (Lipinski definition) is 1. The third-order valence-corrected chi connectivity index (χ3v) is 3.96. The molecule has 3 aromatic rings. The van der Waals surface area contributed by atoms with Crippen molar-refractivity contribution in [2.45, 2.75) is 26.4 Å². The standard InChI is InChI=1S/C16H18N4S/c1-12(2)17-9-16-19-15(11-21-16)13-8-18-20(10-13)14-6-4-3-5-7-14/h3-8,10-12,17H,9H2,1-2H3. The van der Waals surface area contributed by atoms with Crippen molar-refractivity contribution in [2.75, 3.05) is 0 Å². The molecule has 0 saturated carbocycles. The first-order valence-electron chi connectivity index (χ1n) is 7.00. The second-order valence-corrected chi connectivity index (χ2v) is 6.11. The summed E-state index contributed by atoms with van der Waals surface area (Å²) < 4.78 is 1.88. The highest BCUT2D eigenvalue weighted by molar-refractivity contribution is 7.09. The van der Waals surface area contributed by atoms with E-state index in [1.165, 1.54) is 0 Å². The van der Waals surface area contributed by atoms with Gasteiger partial charge in [-0.25, -0.2) is 9.67 Å². The van der Waals surface area contributed by atoms with Gasteiger partial charge < -0.3 is 5.32 Å². The fourth-order valence-corrected chi connectivity index (χ4v) is 2.75. The Hall–Kier alpha value is -1.98. The maximum Gasteiger partial charge on any atom is 0.107 e. The van der Waals surface area contributed by atoms with Crippen molar-refractivity contribution >= 4 is 11.3 Å². The molecule has 0 bridgehead atoms. The molecule has 0 aliphatic carbocycles. The molecular weight excluding hydrogens is 280 g/mol. The van der Waals surface area contributed by atoms with E-state index in [4.69, 9.17) is 0 Å². The van der Waals surface area contributed by atoms with E-state index in [1.807, 2.05) is 47.4 Å². The Morgan fingerprint density at radius 1 is 1.24 bits per heavy atom. The Morgan fingerprint density at radius 2 is 2.05 bits per heavy atom. The topological polar surface area (TPSA) is 42.7 Å². The van der Waals surface area contributed by atoms with Crippen molar-refractivity contribution in [3.8, 4) is 16.9 Å². The summed E-state index contributed by atoms with van der Waals surface area (Å²) in [5.74, 6) is 0. The molecule has 2 heterocycles. The van der Waals surface area contributed by atoms with E-state index in [1.54, 1.807) is 11.3 Å². The Bertz CT molecular complexity index is 700. The molecule has 0 radical (unpaired) electrons. The summed E-state index contributed by atoms with van der Waals surface area (Å²) in [5, 5.41) is 11.0. The van der Waals surface area contributed by atoms with Crippen molar-refractivity contribution in [1.82, 2.24) is 20.1 Å². The van der Waals surface area contributed by atoms with Crippen molar-refractivity contribution in [2.24, 2.45) is 0 Å². The highest BCUT2D eigenvalue weighted by Crippen LogP contribution is 2.22. The second kappa shape index (κ2) is 6.20. The molecule has 0 saturated heterocycles. The van der Waals surface area contributed by atoms with Crippen LogP contribution in [-0.2, 0) is 6.54 Å².